The molecule has 1 aliphatic heterocycles. The molecule has 0 spiro atoms. The van der Waals surface area contributed by atoms with Crippen LogP contribution < -0.4 is 5.32 Å². The Morgan fingerprint density at radius 2 is 2.09 bits per heavy atom. The van der Waals surface area contributed by atoms with E-state index in [0.717, 1.165) is 25.0 Å². The first kappa shape index (κ1) is 15.9. The summed E-state index contributed by atoms with van der Waals surface area (Å²) in [6, 6.07) is 2.71. The van der Waals surface area contributed by atoms with Crippen molar-refractivity contribution in [2.24, 2.45) is 0 Å². The number of rotatable bonds is 3. The Morgan fingerprint density at radius 1 is 1.39 bits per heavy atom. The molecule has 1 aliphatic carbocycles. The van der Waals surface area contributed by atoms with Gasteiger partial charge in [0.2, 0.25) is 0 Å². The summed E-state index contributed by atoms with van der Waals surface area (Å²) in [6.07, 6.45) is 1.98. The number of allylic oxidation sites excluding steroid dienone is 1. The van der Waals surface area contributed by atoms with Gasteiger partial charge in [-0.25, -0.2) is 13.6 Å². The van der Waals surface area contributed by atoms with Gasteiger partial charge in [-0.2, -0.15) is 0 Å². The number of esters is 1. The molecule has 1 saturated carbocycles. The molecule has 122 valence electrons. The Hall–Kier alpha value is -2.02. The summed E-state index contributed by atoms with van der Waals surface area (Å²) in [4.78, 5) is 14.1. The summed E-state index contributed by atoms with van der Waals surface area (Å²) in [5, 5.41) is 3.43. The number of thiocarbonyl (C=S) groups is 1. The number of nitrogens with zero attached hydrogens (tertiary/aromatic N) is 1. The van der Waals surface area contributed by atoms with E-state index in [-0.39, 0.29) is 11.6 Å². The Bertz CT molecular complexity index is 716. The van der Waals surface area contributed by atoms with Gasteiger partial charge in [0.1, 0.15) is 11.6 Å². The molecule has 1 heterocycles. The molecule has 2 aliphatic rings. The highest BCUT2D eigenvalue weighted by Crippen LogP contribution is 2.38. The number of hydrogen-bond donors (Lipinski definition) is 1. The van der Waals surface area contributed by atoms with E-state index in [1.54, 1.807) is 6.92 Å². The van der Waals surface area contributed by atoms with Crippen molar-refractivity contribution in [1.29, 1.82) is 0 Å². The van der Waals surface area contributed by atoms with Crippen molar-refractivity contribution < 1.29 is 18.3 Å². The molecule has 1 aromatic rings. The Morgan fingerprint density at radius 3 is 2.65 bits per heavy atom. The number of halogens is 2. The highest BCUT2D eigenvalue weighted by atomic mass is 32.1. The molecule has 0 saturated heterocycles. The molecule has 1 N–H and O–H groups in total. The van der Waals surface area contributed by atoms with Crippen molar-refractivity contribution in [3.05, 3.63) is 46.7 Å². The van der Waals surface area contributed by atoms with Crippen LogP contribution in [0.4, 0.5) is 8.78 Å². The average molecular weight is 338 g/mol. The fraction of sp³-hybridized carbons (Fsp3) is 0.375. The molecular weight excluding hydrogens is 322 g/mol. The van der Waals surface area contributed by atoms with Crippen LogP contribution in [0.1, 0.15) is 31.4 Å². The van der Waals surface area contributed by atoms with E-state index in [9.17, 15) is 13.6 Å². The summed E-state index contributed by atoms with van der Waals surface area (Å²) in [5.41, 5.74) is 1.10. The molecule has 4 nitrogen and oxygen atoms in total. The van der Waals surface area contributed by atoms with Gasteiger partial charge < -0.3 is 15.0 Å². The molecule has 3 rings (SSSR count). The standard InChI is InChI=1S/C16H16F2N2O2S/c1-8-13(15(21)22-2)14(11-6-3-9(17)7-12(11)18)19-16(23)20(8)10-4-5-10/h3,6-7,10,14H,4-5H2,1-2H3,(H,19,23). The molecule has 23 heavy (non-hydrogen) atoms. The fourth-order valence-electron chi connectivity index (χ4n) is 2.87. The zero-order valence-electron chi connectivity index (χ0n) is 12.7. The molecule has 0 radical (unpaired) electrons. The quantitative estimate of drug-likeness (QED) is 0.678. The first-order valence-electron chi connectivity index (χ1n) is 7.27. The topological polar surface area (TPSA) is 41.6 Å². The van der Waals surface area contributed by atoms with E-state index in [1.165, 1.54) is 13.2 Å². The smallest absolute Gasteiger partial charge is 0.337 e. The molecule has 0 aromatic heterocycles. The lowest BCUT2D eigenvalue weighted by molar-refractivity contribution is -0.136. The van der Waals surface area contributed by atoms with Crippen molar-refractivity contribution in [2.75, 3.05) is 7.11 Å². The lowest BCUT2D eigenvalue weighted by Gasteiger charge is -2.37. The van der Waals surface area contributed by atoms with Crippen molar-refractivity contribution in [3.63, 3.8) is 0 Å². The van der Waals surface area contributed by atoms with Gasteiger partial charge in [0.05, 0.1) is 18.7 Å². The monoisotopic (exact) mass is 338 g/mol. The van der Waals surface area contributed by atoms with Crippen LogP contribution in [0.15, 0.2) is 29.5 Å². The largest absolute Gasteiger partial charge is 0.466 e. The van der Waals surface area contributed by atoms with Gasteiger partial charge >= 0.3 is 5.97 Å². The third kappa shape index (κ3) is 2.81. The van der Waals surface area contributed by atoms with Gasteiger partial charge in [0.15, 0.2) is 5.11 Å². The summed E-state index contributed by atoms with van der Waals surface area (Å²) in [6.45, 7) is 1.77. The Balaban J connectivity index is 2.11. The number of benzene rings is 1. The zero-order chi connectivity index (χ0) is 16.7. The SMILES string of the molecule is COC(=O)C1=C(C)N(C2CC2)C(=S)NC1c1ccc(F)cc1F. The Kier molecular flexibility index (Phi) is 4.06. The van der Waals surface area contributed by atoms with Gasteiger partial charge in [0, 0.05) is 23.4 Å². The predicted octanol–water partition coefficient (Wildman–Crippen LogP) is 2.81. The molecule has 1 fully saturated rings. The summed E-state index contributed by atoms with van der Waals surface area (Å²) in [7, 11) is 1.27. The second-order valence-electron chi connectivity index (χ2n) is 5.64. The van der Waals surface area contributed by atoms with E-state index in [0.29, 0.717) is 16.4 Å². The van der Waals surface area contributed by atoms with Crippen LogP contribution in [-0.4, -0.2) is 29.1 Å². The minimum Gasteiger partial charge on any atom is -0.466 e. The first-order chi connectivity index (χ1) is 10.9. The number of ether oxygens (including phenoxy) is 1. The molecule has 7 heteroatoms. The second kappa shape index (κ2) is 5.88. The maximum atomic E-state index is 14.2. The predicted molar refractivity (Wildman–Crippen MR) is 84.4 cm³/mol. The van der Waals surface area contributed by atoms with Crippen LogP contribution >= 0.6 is 12.2 Å². The van der Waals surface area contributed by atoms with Crippen LogP contribution in [0, 0.1) is 11.6 Å². The summed E-state index contributed by atoms with van der Waals surface area (Å²) < 4.78 is 32.2. The first-order valence-corrected chi connectivity index (χ1v) is 7.68. The van der Waals surface area contributed by atoms with Gasteiger partial charge in [-0.15, -0.1) is 0 Å². The highest BCUT2D eigenvalue weighted by Gasteiger charge is 2.41. The van der Waals surface area contributed by atoms with E-state index in [2.05, 4.69) is 5.32 Å². The van der Waals surface area contributed by atoms with Crippen LogP contribution in [0.5, 0.6) is 0 Å². The molecule has 0 bridgehead atoms. The summed E-state index contributed by atoms with van der Waals surface area (Å²) >= 11 is 5.37. The molecule has 1 unspecified atom stereocenters. The van der Waals surface area contributed by atoms with E-state index in [1.807, 2.05) is 4.90 Å². The lowest BCUT2D eigenvalue weighted by atomic mass is 9.94. The zero-order valence-corrected chi connectivity index (χ0v) is 13.5. The second-order valence-corrected chi connectivity index (χ2v) is 6.03. The number of carbonyl (C=O) groups excluding carboxylic acids is 1. The molecule has 0 amide bonds. The third-order valence-electron chi connectivity index (χ3n) is 4.12. The lowest BCUT2D eigenvalue weighted by Crippen LogP contribution is -2.48. The molecule has 1 atom stereocenters. The number of nitrogens with one attached hydrogen (secondary N) is 1. The molecule has 1 aromatic carbocycles. The maximum Gasteiger partial charge on any atom is 0.337 e. The maximum absolute atomic E-state index is 14.2. The van der Waals surface area contributed by atoms with Gasteiger partial charge in [-0.3, -0.25) is 0 Å². The third-order valence-corrected chi connectivity index (χ3v) is 4.43. The summed E-state index contributed by atoms with van der Waals surface area (Å²) in [5.74, 6) is -1.97. The Labute approximate surface area is 138 Å². The van der Waals surface area contributed by atoms with Crippen molar-refractivity contribution in [1.82, 2.24) is 10.2 Å². The number of methoxy groups -OCH3 is 1. The van der Waals surface area contributed by atoms with Crippen molar-refractivity contribution in [3.8, 4) is 0 Å². The van der Waals surface area contributed by atoms with Crippen LogP contribution in [0.3, 0.4) is 0 Å². The van der Waals surface area contributed by atoms with Gasteiger partial charge in [0.25, 0.3) is 0 Å². The van der Waals surface area contributed by atoms with Crippen molar-refractivity contribution in [2.45, 2.75) is 31.8 Å². The average Bonchev–Trinajstić information content (AvgIpc) is 3.31. The van der Waals surface area contributed by atoms with Gasteiger partial charge in [-0.1, -0.05) is 6.07 Å². The van der Waals surface area contributed by atoms with E-state index in [4.69, 9.17) is 17.0 Å². The van der Waals surface area contributed by atoms with Gasteiger partial charge in [-0.05, 0) is 38.0 Å². The normalized spacial score (nSPS) is 21.3. The minimum absolute atomic E-state index is 0.156. The number of hydrogen-bond acceptors (Lipinski definition) is 3. The van der Waals surface area contributed by atoms with Crippen LogP contribution in [0.2, 0.25) is 0 Å². The minimum atomic E-state index is -0.800. The molecular formula is C16H16F2N2O2S. The van der Waals surface area contributed by atoms with Crippen LogP contribution in [-0.2, 0) is 9.53 Å². The highest BCUT2D eigenvalue weighted by molar-refractivity contribution is 7.80. The number of carbonyl (C=O) groups is 1. The fourth-order valence-corrected chi connectivity index (χ4v) is 3.28. The van der Waals surface area contributed by atoms with Crippen molar-refractivity contribution >= 4 is 23.3 Å². The van der Waals surface area contributed by atoms with E-state index >= 15 is 0 Å². The van der Waals surface area contributed by atoms with E-state index < -0.39 is 23.6 Å². The van der Waals surface area contributed by atoms with Crippen LogP contribution in [0.25, 0.3) is 0 Å².